The molecule has 26 heavy (non-hydrogen) atoms. The summed E-state index contributed by atoms with van der Waals surface area (Å²) in [6.45, 7) is 7.84. The maximum atomic E-state index is 4.67. The molecule has 5 heteroatoms. The van der Waals surface area contributed by atoms with E-state index in [1.165, 1.54) is 38.0 Å². The van der Waals surface area contributed by atoms with Gasteiger partial charge in [-0.25, -0.2) is 4.98 Å². The van der Waals surface area contributed by atoms with E-state index < -0.39 is 0 Å². The van der Waals surface area contributed by atoms with Crippen LogP contribution in [0.25, 0.3) is 0 Å². The molecular formula is C21H31ClN4. The number of pyridine rings is 1. The van der Waals surface area contributed by atoms with Gasteiger partial charge in [0.2, 0.25) is 0 Å². The lowest BCUT2D eigenvalue weighted by Gasteiger charge is -2.32. The number of aromatic nitrogens is 1. The molecule has 0 aliphatic carbocycles. The van der Waals surface area contributed by atoms with Gasteiger partial charge in [0.05, 0.1) is 0 Å². The van der Waals surface area contributed by atoms with Gasteiger partial charge in [0.15, 0.2) is 0 Å². The lowest BCUT2D eigenvalue weighted by molar-refractivity contribution is 0.175. The number of likely N-dealkylation sites (tertiary alicyclic amines) is 1. The Kier molecular flexibility index (Phi) is 8.36. The van der Waals surface area contributed by atoms with Crippen LogP contribution in [0.1, 0.15) is 25.3 Å². The molecule has 142 valence electrons. The molecule has 2 aromatic rings. The van der Waals surface area contributed by atoms with Gasteiger partial charge in [-0.05, 0) is 68.7 Å². The zero-order valence-corrected chi connectivity index (χ0v) is 16.7. The summed E-state index contributed by atoms with van der Waals surface area (Å²) in [5.74, 6) is 1.83. The fourth-order valence-electron chi connectivity index (χ4n) is 3.45. The number of hydrogen-bond donors (Lipinski definition) is 1. The van der Waals surface area contributed by atoms with Crippen molar-refractivity contribution in [1.82, 2.24) is 15.2 Å². The quantitative estimate of drug-likeness (QED) is 0.790. The zero-order valence-electron chi connectivity index (χ0n) is 15.9. The van der Waals surface area contributed by atoms with E-state index >= 15 is 0 Å². The standard InChI is InChI=1S/C21H30N4.ClH/c1-3-22-15-18-11-13-25(14-12-18)17-19-9-10-21(23-16-19)24(2)20-7-5-4-6-8-20;/h4-10,16,18,22H,3,11-15,17H2,1-2H3;1H. The van der Waals surface area contributed by atoms with Crippen LogP contribution in [0.5, 0.6) is 0 Å². The maximum Gasteiger partial charge on any atom is 0.132 e. The average Bonchev–Trinajstić information content (AvgIpc) is 2.68. The van der Waals surface area contributed by atoms with Crippen molar-refractivity contribution in [2.45, 2.75) is 26.3 Å². The number of nitrogens with zero attached hydrogens (tertiary/aromatic N) is 3. The number of nitrogens with one attached hydrogen (secondary N) is 1. The first kappa shape index (κ1) is 20.7. The fourth-order valence-corrected chi connectivity index (χ4v) is 3.45. The van der Waals surface area contributed by atoms with E-state index in [1.807, 2.05) is 12.3 Å². The van der Waals surface area contributed by atoms with Crippen molar-refractivity contribution in [2.75, 3.05) is 38.1 Å². The van der Waals surface area contributed by atoms with E-state index in [0.29, 0.717) is 0 Å². The van der Waals surface area contributed by atoms with Crippen LogP contribution < -0.4 is 10.2 Å². The minimum atomic E-state index is 0. The molecule has 1 N–H and O–H groups in total. The third kappa shape index (κ3) is 5.70. The minimum absolute atomic E-state index is 0. The molecule has 0 unspecified atom stereocenters. The monoisotopic (exact) mass is 374 g/mol. The summed E-state index contributed by atoms with van der Waals surface area (Å²) < 4.78 is 0. The van der Waals surface area contributed by atoms with Gasteiger partial charge in [0.1, 0.15) is 5.82 Å². The van der Waals surface area contributed by atoms with Crippen LogP contribution in [0, 0.1) is 5.92 Å². The van der Waals surface area contributed by atoms with Gasteiger partial charge in [0.25, 0.3) is 0 Å². The molecule has 2 heterocycles. The van der Waals surface area contributed by atoms with Crippen LogP contribution in [0.15, 0.2) is 48.7 Å². The Morgan fingerprint density at radius 2 is 1.85 bits per heavy atom. The normalized spacial score (nSPS) is 15.5. The molecule has 0 radical (unpaired) electrons. The van der Waals surface area contributed by atoms with E-state index in [4.69, 9.17) is 0 Å². The Morgan fingerprint density at radius 1 is 1.12 bits per heavy atom. The minimum Gasteiger partial charge on any atom is -0.329 e. The summed E-state index contributed by atoms with van der Waals surface area (Å²) in [6, 6.07) is 14.7. The van der Waals surface area contributed by atoms with E-state index in [-0.39, 0.29) is 12.4 Å². The highest BCUT2D eigenvalue weighted by Crippen LogP contribution is 2.22. The van der Waals surface area contributed by atoms with E-state index in [1.54, 1.807) is 0 Å². The highest BCUT2D eigenvalue weighted by Gasteiger charge is 2.18. The molecule has 3 rings (SSSR count). The van der Waals surface area contributed by atoms with Gasteiger partial charge in [-0.15, -0.1) is 12.4 Å². The van der Waals surface area contributed by atoms with Crippen molar-refractivity contribution in [3.63, 3.8) is 0 Å². The molecule has 0 saturated carbocycles. The number of halogens is 1. The molecule has 0 atom stereocenters. The lowest BCUT2D eigenvalue weighted by atomic mass is 9.96. The van der Waals surface area contributed by atoms with Crippen LogP contribution >= 0.6 is 12.4 Å². The molecule has 1 aromatic heterocycles. The Labute approximate surface area is 164 Å². The Hall–Kier alpha value is -1.62. The molecule has 0 bridgehead atoms. The molecule has 1 aliphatic rings. The number of benzene rings is 1. The predicted molar refractivity (Wildman–Crippen MR) is 113 cm³/mol. The van der Waals surface area contributed by atoms with Crippen LogP contribution in [0.2, 0.25) is 0 Å². The van der Waals surface area contributed by atoms with Crippen molar-refractivity contribution in [2.24, 2.45) is 5.92 Å². The second-order valence-corrected chi connectivity index (χ2v) is 6.95. The van der Waals surface area contributed by atoms with Crippen molar-refractivity contribution in [3.05, 3.63) is 54.2 Å². The molecule has 1 aliphatic heterocycles. The first-order valence-corrected chi connectivity index (χ1v) is 9.43. The highest BCUT2D eigenvalue weighted by atomic mass is 35.5. The third-order valence-electron chi connectivity index (χ3n) is 5.09. The van der Waals surface area contributed by atoms with Gasteiger partial charge in [-0.2, -0.15) is 0 Å². The summed E-state index contributed by atoms with van der Waals surface area (Å²) in [6.07, 6.45) is 4.63. The van der Waals surface area contributed by atoms with Gasteiger partial charge in [-0.3, -0.25) is 4.90 Å². The molecule has 0 amide bonds. The molecule has 4 nitrogen and oxygen atoms in total. The lowest BCUT2D eigenvalue weighted by Crippen LogP contribution is -2.36. The number of para-hydroxylation sites is 1. The fraction of sp³-hybridized carbons (Fsp3) is 0.476. The number of anilines is 2. The SMILES string of the molecule is CCNCC1CCN(Cc2ccc(N(C)c3ccccc3)nc2)CC1.Cl. The van der Waals surface area contributed by atoms with Crippen LogP contribution in [0.3, 0.4) is 0 Å². The summed E-state index contributed by atoms with van der Waals surface area (Å²) in [5.41, 5.74) is 2.46. The second-order valence-electron chi connectivity index (χ2n) is 6.95. The maximum absolute atomic E-state index is 4.67. The molecule has 0 spiro atoms. The van der Waals surface area contributed by atoms with Crippen LogP contribution in [-0.2, 0) is 6.54 Å². The third-order valence-corrected chi connectivity index (χ3v) is 5.09. The Bertz CT molecular complexity index is 624. The molecular weight excluding hydrogens is 344 g/mol. The second kappa shape index (κ2) is 10.5. The Balaban J connectivity index is 0.00000243. The number of hydrogen-bond acceptors (Lipinski definition) is 4. The average molecular weight is 375 g/mol. The van der Waals surface area contributed by atoms with Crippen molar-refractivity contribution in [1.29, 1.82) is 0 Å². The summed E-state index contributed by atoms with van der Waals surface area (Å²) in [7, 11) is 2.06. The van der Waals surface area contributed by atoms with Crippen molar-refractivity contribution in [3.8, 4) is 0 Å². The smallest absolute Gasteiger partial charge is 0.132 e. The van der Waals surface area contributed by atoms with Crippen molar-refractivity contribution < 1.29 is 0 Å². The first-order chi connectivity index (χ1) is 12.3. The molecule has 1 saturated heterocycles. The highest BCUT2D eigenvalue weighted by molar-refractivity contribution is 5.85. The van der Waals surface area contributed by atoms with E-state index in [0.717, 1.165) is 30.5 Å². The zero-order chi connectivity index (χ0) is 17.5. The van der Waals surface area contributed by atoms with Crippen LogP contribution in [-0.4, -0.2) is 43.1 Å². The summed E-state index contributed by atoms with van der Waals surface area (Å²) in [5, 5.41) is 3.48. The van der Waals surface area contributed by atoms with Gasteiger partial charge in [-0.1, -0.05) is 31.2 Å². The van der Waals surface area contributed by atoms with Gasteiger partial charge in [0, 0.05) is 25.5 Å². The molecule has 1 aromatic carbocycles. The topological polar surface area (TPSA) is 31.4 Å². The van der Waals surface area contributed by atoms with Crippen LogP contribution in [0.4, 0.5) is 11.5 Å². The number of piperidine rings is 1. The van der Waals surface area contributed by atoms with E-state index in [9.17, 15) is 0 Å². The first-order valence-electron chi connectivity index (χ1n) is 9.43. The summed E-state index contributed by atoms with van der Waals surface area (Å²) >= 11 is 0. The molecule has 1 fully saturated rings. The van der Waals surface area contributed by atoms with Crippen molar-refractivity contribution >= 4 is 23.9 Å². The number of rotatable bonds is 7. The predicted octanol–water partition coefficient (Wildman–Crippen LogP) is 4.09. The Morgan fingerprint density at radius 3 is 2.46 bits per heavy atom. The van der Waals surface area contributed by atoms with Gasteiger partial charge < -0.3 is 10.2 Å². The van der Waals surface area contributed by atoms with E-state index in [2.05, 4.69) is 70.5 Å². The van der Waals surface area contributed by atoms with Gasteiger partial charge >= 0.3 is 0 Å². The largest absolute Gasteiger partial charge is 0.329 e. The summed E-state index contributed by atoms with van der Waals surface area (Å²) in [4.78, 5) is 9.34.